The van der Waals surface area contributed by atoms with Gasteiger partial charge in [-0.25, -0.2) is 4.39 Å². The van der Waals surface area contributed by atoms with Crippen molar-refractivity contribution in [3.63, 3.8) is 0 Å². The summed E-state index contributed by atoms with van der Waals surface area (Å²) in [7, 11) is 0. The van der Waals surface area contributed by atoms with Crippen LogP contribution in [0.3, 0.4) is 0 Å². The number of hydrogen-bond donors (Lipinski definition) is 1. The standard InChI is InChI=1S/C17H18ClFIN/c1-3-8-21-17(12-5-7-16(20)14(18)10-12)13-9-11(2)4-6-15(13)19/h4-7,9-10,17,21H,3,8H2,1-2H3. The first kappa shape index (κ1) is 16.7. The normalized spacial score (nSPS) is 12.4. The van der Waals surface area contributed by atoms with Crippen LogP contribution in [0.2, 0.25) is 5.02 Å². The molecule has 0 saturated heterocycles. The third-order valence-electron chi connectivity index (χ3n) is 3.34. The van der Waals surface area contributed by atoms with Crippen molar-refractivity contribution in [2.24, 2.45) is 0 Å². The highest BCUT2D eigenvalue weighted by molar-refractivity contribution is 14.1. The highest BCUT2D eigenvalue weighted by atomic mass is 127. The Balaban J connectivity index is 2.46. The third kappa shape index (κ3) is 4.18. The van der Waals surface area contributed by atoms with E-state index in [4.69, 9.17) is 11.6 Å². The van der Waals surface area contributed by atoms with Crippen LogP contribution in [0, 0.1) is 16.3 Å². The number of hydrogen-bond acceptors (Lipinski definition) is 1. The van der Waals surface area contributed by atoms with Gasteiger partial charge in [0.25, 0.3) is 0 Å². The molecule has 4 heteroatoms. The summed E-state index contributed by atoms with van der Waals surface area (Å²) < 4.78 is 15.2. The SMILES string of the molecule is CCCNC(c1ccc(I)c(Cl)c1)c1cc(C)ccc1F. The van der Waals surface area contributed by atoms with E-state index >= 15 is 0 Å². The first-order valence-electron chi connectivity index (χ1n) is 6.97. The van der Waals surface area contributed by atoms with E-state index in [-0.39, 0.29) is 11.9 Å². The number of rotatable bonds is 5. The van der Waals surface area contributed by atoms with Gasteiger partial charge in [0, 0.05) is 9.13 Å². The summed E-state index contributed by atoms with van der Waals surface area (Å²) in [6.45, 7) is 4.89. The van der Waals surface area contributed by atoms with E-state index < -0.39 is 0 Å². The molecule has 2 rings (SSSR count). The quantitative estimate of drug-likeness (QED) is 0.635. The molecule has 21 heavy (non-hydrogen) atoms. The predicted molar refractivity (Wildman–Crippen MR) is 95.4 cm³/mol. The molecule has 1 atom stereocenters. The summed E-state index contributed by atoms with van der Waals surface area (Å²) in [6, 6.07) is 10.9. The Morgan fingerprint density at radius 3 is 2.67 bits per heavy atom. The molecule has 0 aliphatic heterocycles. The summed E-state index contributed by atoms with van der Waals surface area (Å²) in [5.41, 5.74) is 2.70. The second-order valence-corrected chi connectivity index (χ2v) is 6.66. The maximum atomic E-state index is 14.2. The molecule has 0 fully saturated rings. The molecule has 0 saturated carbocycles. The summed E-state index contributed by atoms with van der Waals surface area (Å²) in [5, 5.41) is 4.11. The van der Waals surface area contributed by atoms with Crippen LogP contribution in [0.4, 0.5) is 4.39 Å². The first-order chi connectivity index (χ1) is 10.0. The van der Waals surface area contributed by atoms with Crippen LogP contribution in [0.25, 0.3) is 0 Å². The average Bonchev–Trinajstić information content (AvgIpc) is 2.46. The molecule has 2 aromatic carbocycles. The fraction of sp³-hybridized carbons (Fsp3) is 0.294. The van der Waals surface area contributed by atoms with Gasteiger partial charge in [0.05, 0.1) is 11.1 Å². The largest absolute Gasteiger partial charge is 0.306 e. The Hall–Kier alpha value is -0.650. The van der Waals surface area contributed by atoms with E-state index in [1.54, 1.807) is 6.07 Å². The highest BCUT2D eigenvalue weighted by Crippen LogP contribution is 2.29. The second-order valence-electron chi connectivity index (χ2n) is 5.09. The lowest BCUT2D eigenvalue weighted by molar-refractivity contribution is 0.546. The van der Waals surface area contributed by atoms with Gasteiger partial charge in [0.15, 0.2) is 0 Å². The molecular weight excluding hydrogens is 400 g/mol. The molecule has 0 spiro atoms. The highest BCUT2D eigenvalue weighted by Gasteiger charge is 2.18. The van der Waals surface area contributed by atoms with Crippen molar-refractivity contribution in [1.29, 1.82) is 0 Å². The summed E-state index contributed by atoms with van der Waals surface area (Å²) in [6.07, 6.45) is 0.988. The van der Waals surface area contributed by atoms with Crippen molar-refractivity contribution < 1.29 is 4.39 Å². The van der Waals surface area contributed by atoms with Gasteiger partial charge in [-0.15, -0.1) is 0 Å². The topological polar surface area (TPSA) is 12.0 Å². The minimum absolute atomic E-state index is 0.181. The Morgan fingerprint density at radius 1 is 1.24 bits per heavy atom. The monoisotopic (exact) mass is 417 g/mol. The molecule has 1 unspecified atom stereocenters. The maximum Gasteiger partial charge on any atom is 0.128 e. The summed E-state index contributed by atoms with van der Waals surface area (Å²) in [4.78, 5) is 0. The first-order valence-corrected chi connectivity index (χ1v) is 8.43. The number of aryl methyl sites for hydroxylation is 1. The van der Waals surface area contributed by atoms with E-state index in [0.717, 1.165) is 27.7 Å². The van der Waals surface area contributed by atoms with Crippen LogP contribution >= 0.6 is 34.2 Å². The van der Waals surface area contributed by atoms with Crippen molar-refractivity contribution in [1.82, 2.24) is 5.32 Å². The molecular formula is C17H18ClFIN. The Bertz CT molecular complexity index is 630. The molecule has 0 radical (unpaired) electrons. The lowest BCUT2D eigenvalue weighted by Crippen LogP contribution is -2.24. The Morgan fingerprint density at radius 2 is 2.00 bits per heavy atom. The predicted octanol–water partition coefficient (Wildman–Crippen LogP) is 5.48. The van der Waals surface area contributed by atoms with Gasteiger partial charge in [0.1, 0.15) is 5.82 Å². The molecule has 0 aliphatic rings. The van der Waals surface area contributed by atoms with Crippen molar-refractivity contribution in [2.75, 3.05) is 6.54 Å². The van der Waals surface area contributed by atoms with E-state index in [9.17, 15) is 4.39 Å². The summed E-state index contributed by atoms with van der Waals surface area (Å²) >= 11 is 8.41. The molecule has 1 N–H and O–H groups in total. The third-order valence-corrected chi connectivity index (χ3v) is 4.91. The molecule has 0 aromatic heterocycles. The van der Waals surface area contributed by atoms with Crippen molar-refractivity contribution in [2.45, 2.75) is 26.3 Å². The number of benzene rings is 2. The Kier molecular flexibility index (Phi) is 6.02. The smallest absolute Gasteiger partial charge is 0.128 e. The van der Waals surface area contributed by atoms with Gasteiger partial charge in [0.2, 0.25) is 0 Å². The average molecular weight is 418 g/mol. The van der Waals surface area contributed by atoms with E-state index in [1.807, 2.05) is 31.2 Å². The Labute approximate surface area is 144 Å². The lowest BCUT2D eigenvalue weighted by atomic mass is 9.96. The van der Waals surface area contributed by atoms with Gasteiger partial charge in [-0.2, -0.15) is 0 Å². The molecule has 1 nitrogen and oxygen atoms in total. The molecule has 0 aliphatic carbocycles. The number of halogens is 3. The second kappa shape index (κ2) is 7.56. The zero-order valence-corrected chi connectivity index (χ0v) is 15.0. The summed E-state index contributed by atoms with van der Waals surface area (Å²) in [5.74, 6) is -0.191. The minimum atomic E-state index is -0.191. The minimum Gasteiger partial charge on any atom is -0.306 e. The van der Waals surface area contributed by atoms with Crippen LogP contribution < -0.4 is 5.32 Å². The van der Waals surface area contributed by atoms with Crippen LogP contribution in [0.15, 0.2) is 36.4 Å². The zero-order chi connectivity index (χ0) is 15.4. The van der Waals surface area contributed by atoms with E-state index in [0.29, 0.717) is 10.6 Å². The van der Waals surface area contributed by atoms with Gasteiger partial charge in [-0.3, -0.25) is 0 Å². The molecule has 0 heterocycles. The van der Waals surface area contributed by atoms with Gasteiger partial charge in [-0.05, 0) is 66.2 Å². The fourth-order valence-corrected chi connectivity index (χ4v) is 2.80. The maximum absolute atomic E-state index is 14.2. The van der Waals surface area contributed by atoms with Crippen molar-refractivity contribution in [3.05, 3.63) is 67.5 Å². The molecule has 112 valence electrons. The van der Waals surface area contributed by atoms with Crippen LogP contribution in [0.1, 0.15) is 36.1 Å². The van der Waals surface area contributed by atoms with E-state index in [1.165, 1.54) is 6.07 Å². The van der Waals surface area contributed by atoms with Gasteiger partial charge in [-0.1, -0.05) is 42.3 Å². The molecule has 0 bridgehead atoms. The number of nitrogens with one attached hydrogen (secondary N) is 1. The van der Waals surface area contributed by atoms with Crippen molar-refractivity contribution in [3.8, 4) is 0 Å². The zero-order valence-electron chi connectivity index (χ0n) is 12.1. The van der Waals surface area contributed by atoms with Crippen LogP contribution in [-0.2, 0) is 0 Å². The van der Waals surface area contributed by atoms with E-state index in [2.05, 4.69) is 34.8 Å². The van der Waals surface area contributed by atoms with Gasteiger partial charge >= 0.3 is 0 Å². The van der Waals surface area contributed by atoms with Crippen molar-refractivity contribution >= 4 is 34.2 Å². The van der Waals surface area contributed by atoms with Gasteiger partial charge < -0.3 is 5.32 Å². The van der Waals surface area contributed by atoms with Crippen LogP contribution in [-0.4, -0.2) is 6.54 Å². The fourth-order valence-electron chi connectivity index (χ4n) is 2.27. The van der Waals surface area contributed by atoms with Crippen LogP contribution in [0.5, 0.6) is 0 Å². The molecule has 0 amide bonds. The molecule has 2 aromatic rings. The lowest BCUT2D eigenvalue weighted by Gasteiger charge is -2.21.